The van der Waals surface area contributed by atoms with Gasteiger partial charge in [-0.25, -0.2) is 9.18 Å². The van der Waals surface area contributed by atoms with Gasteiger partial charge in [0.2, 0.25) is 0 Å². The normalized spacial score (nSPS) is 10.0. The third kappa shape index (κ3) is 2.73. The summed E-state index contributed by atoms with van der Waals surface area (Å²) in [6, 6.07) is 3.50. The van der Waals surface area contributed by atoms with E-state index in [1.807, 2.05) is 0 Å². The van der Waals surface area contributed by atoms with E-state index in [9.17, 15) is 14.0 Å². The number of hydrogen-bond acceptors (Lipinski definition) is 5. The number of hydrogen-bond donors (Lipinski definition) is 2. The standard InChI is InChI=1S/C11H9FN4O3/c1-19-11(18)6-2-3-7(12)8(4-6)14-10(17)9-5-13-16-15-9/h2-5H,1H3,(H,14,17)(H,13,15,16). The van der Waals surface area contributed by atoms with Crippen LogP contribution in [0.15, 0.2) is 24.4 Å². The number of halogens is 1. The highest BCUT2D eigenvalue weighted by molar-refractivity contribution is 6.03. The molecule has 0 aliphatic heterocycles. The molecule has 0 saturated carbocycles. The topological polar surface area (TPSA) is 97.0 Å². The van der Waals surface area contributed by atoms with E-state index < -0.39 is 17.7 Å². The molecule has 8 heteroatoms. The number of nitrogens with zero attached hydrogens (tertiary/aromatic N) is 2. The van der Waals surface area contributed by atoms with Crippen LogP contribution in [0.5, 0.6) is 0 Å². The molecule has 19 heavy (non-hydrogen) atoms. The van der Waals surface area contributed by atoms with Crippen molar-refractivity contribution in [3.8, 4) is 0 Å². The van der Waals surface area contributed by atoms with E-state index in [-0.39, 0.29) is 16.9 Å². The van der Waals surface area contributed by atoms with Crippen molar-refractivity contribution in [3.63, 3.8) is 0 Å². The minimum Gasteiger partial charge on any atom is -0.465 e. The Bertz CT molecular complexity index is 612. The number of H-pyrrole nitrogens is 1. The van der Waals surface area contributed by atoms with Crippen molar-refractivity contribution in [3.05, 3.63) is 41.5 Å². The third-order valence-electron chi connectivity index (χ3n) is 2.28. The monoisotopic (exact) mass is 264 g/mol. The van der Waals surface area contributed by atoms with Crippen LogP contribution < -0.4 is 5.32 Å². The second-order valence-corrected chi connectivity index (χ2v) is 3.50. The maximum Gasteiger partial charge on any atom is 0.337 e. The van der Waals surface area contributed by atoms with Gasteiger partial charge in [0.1, 0.15) is 5.82 Å². The number of ether oxygens (including phenoxy) is 1. The highest BCUT2D eigenvalue weighted by Crippen LogP contribution is 2.17. The van der Waals surface area contributed by atoms with Gasteiger partial charge in [-0.3, -0.25) is 4.79 Å². The number of amides is 1. The van der Waals surface area contributed by atoms with Crippen molar-refractivity contribution in [2.24, 2.45) is 0 Å². The molecular formula is C11H9FN4O3. The van der Waals surface area contributed by atoms with Crippen LogP contribution in [-0.4, -0.2) is 34.4 Å². The second kappa shape index (κ2) is 5.25. The quantitative estimate of drug-likeness (QED) is 0.805. The van der Waals surface area contributed by atoms with Gasteiger partial charge in [0.25, 0.3) is 5.91 Å². The van der Waals surface area contributed by atoms with E-state index in [1.54, 1.807) is 0 Å². The summed E-state index contributed by atoms with van der Waals surface area (Å²) in [5, 5.41) is 11.6. The molecule has 1 aromatic carbocycles. The second-order valence-electron chi connectivity index (χ2n) is 3.50. The van der Waals surface area contributed by atoms with Crippen molar-refractivity contribution >= 4 is 17.6 Å². The van der Waals surface area contributed by atoms with Gasteiger partial charge in [-0.2, -0.15) is 15.4 Å². The Labute approximate surface area is 106 Å². The average Bonchev–Trinajstić information content (AvgIpc) is 2.94. The molecule has 2 rings (SSSR count). The number of esters is 1. The van der Waals surface area contributed by atoms with Gasteiger partial charge in [-0.05, 0) is 18.2 Å². The van der Waals surface area contributed by atoms with Crippen LogP contribution in [0, 0.1) is 5.82 Å². The number of rotatable bonds is 3. The Morgan fingerprint density at radius 2 is 2.21 bits per heavy atom. The predicted octanol–water partition coefficient (Wildman–Crippen LogP) is 0.983. The zero-order valence-electron chi connectivity index (χ0n) is 9.81. The summed E-state index contributed by atoms with van der Waals surface area (Å²) in [5.74, 6) is -1.95. The first kappa shape index (κ1) is 12.7. The summed E-state index contributed by atoms with van der Waals surface area (Å²) < 4.78 is 18.0. The molecule has 1 heterocycles. The van der Waals surface area contributed by atoms with E-state index in [0.717, 1.165) is 6.07 Å². The maximum atomic E-state index is 13.5. The molecular weight excluding hydrogens is 255 g/mol. The SMILES string of the molecule is COC(=O)c1ccc(F)c(NC(=O)c2cn[nH]n2)c1. The molecule has 0 bridgehead atoms. The summed E-state index contributed by atoms with van der Waals surface area (Å²) >= 11 is 0. The number of aromatic nitrogens is 3. The van der Waals surface area contributed by atoms with Crippen LogP contribution in [0.4, 0.5) is 10.1 Å². The number of carbonyl (C=O) groups excluding carboxylic acids is 2. The van der Waals surface area contributed by atoms with Gasteiger partial charge in [0, 0.05) is 0 Å². The van der Waals surface area contributed by atoms with Crippen LogP contribution in [-0.2, 0) is 4.74 Å². The predicted molar refractivity (Wildman–Crippen MR) is 62.1 cm³/mol. The summed E-state index contributed by atoms with van der Waals surface area (Å²) in [4.78, 5) is 23.0. The smallest absolute Gasteiger partial charge is 0.337 e. The molecule has 2 aromatic rings. The first-order valence-corrected chi connectivity index (χ1v) is 5.17. The van der Waals surface area contributed by atoms with E-state index in [0.29, 0.717) is 0 Å². The Balaban J connectivity index is 2.24. The highest BCUT2D eigenvalue weighted by Gasteiger charge is 2.14. The van der Waals surface area contributed by atoms with Crippen molar-refractivity contribution in [1.29, 1.82) is 0 Å². The van der Waals surface area contributed by atoms with Crippen LogP contribution >= 0.6 is 0 Å². The lowest BCUT2D eigenvalue weighted by atomic mass is 10.2. The van der Waals surface area contributed by atoms with Crippen molar-refractivity contribution in [2.45, 2.75) is 0 Å². The Morgan fingerprint density at radius 3 is 2.84 bits per heavy atom. The molecule has 0 fully saturated rings. The minimum atomic E-state index is -0.676. The first-order chi connectivity index (χ1) is 9.11. The van der Waals surface area contributed by atoms with Crippen LogP contribution in [0.1, 0.15) is 20.8 Å². The third-order valence-corrected chi connectivity index (χ3v) is 2.28. The van der Waals surface area contributed by atoms with Crippen molar-refractivity contribution in [1.82, 2.24) is 15.4 Å². The molecule has 0 atom stereocenters. The van der Waals surface area contributed by atoms with E-state index in [4.69, 9.17) is 0 Å². The molecule has 1 amide bonds. The van der Waals surface area contributed by atoms with Crippen LogP contribution in [0.3, 0.4) is 0 Å². The van der Waals surface area contributed by atoms with Crippen LogP contribution in [0.25, 0.3) is 0 Å². The zero-order chi connectivity index (χ0) is 13.8. The van der Waals surface area contributed by atoms with Crippen molar-refractivity contribution in [2.75, 3.05) is 12.4 Å². The van der Waals surface area contributed by atoms with Gasteiger partial charge in [0.15, 0.2) is 5.69 Å². The summed E-state index contributed by atoms with van der Waals surface area (Å²) in [5.41, 5.74) is -0.0156. The van der Waals surface area contributed by atoms with Gasteiger partial charge in [0.05, 0.1) is 24.6 Å². The number of nitrogens with one attached hydrogen (secondary N) is 2. The fraction of sp³-hybridized carbons (Fsp3) is 0.0909. The first-order valence-electron chi connectivity index (χ1n) is 5.17. The van der Waals surface area contributed by atoms with Gasteiger partial charge in [-0.15, -0.1) is 0 Å². The molecule has 0 aliphatic rings. The number of benzene rings is 1. The average molecular weight is 264 g/mol. The number of carbonyl (C=O) groups is 2. The lowest BCUT2D eigenvalue weighted by molar-refractivity contribution is 0.0600. The molecule has 0 spiro atoms. The fourth-order valence-electron chi connectivity index (χ4n) is 1.36. The molecule has 98 valence electrons. The maximum absolute atomic E-state index is 13.5. The van der Waals surface area contributed by atoms with E-state index >= 15 is 0 Å². The largest absolute Gasteiger partial charge is 0.465 e. The molecule has 2 N–H and O–H groups in total. The van der Waals surface area contributed by atoms with Gasteiger partial charge >= 0.3 is 5.97 Å². The van der Waals surface area contributed by atoms with Crippen molar-refractivity contribution < 1.29 is 18.7 Å². The molecule has 0 aliphatic carbocycles. The molecule has 7 nitrogen and oxygen atoms in total. The molecule has 1 aromatic heterocycles. The molecule has 0 unspecified atom stereocenters. The Morgan fingerprint density at radius 1 is 1.42 bits per heavy atom. The fourth-order valence-corrected chi connectivity index (χ4v) is 1.36. The minimum absolute atomic E-state index is 0.00266. The van der Waals surface area contributed by atoms with Gasteiger partial charge < -0.3 is 10.1 Å². The summed E-state index contributed by atoms with van der Waals surface area (Å²) in [6.45, 7) is 0. The zero-order valence-corrected chi connectivity index (χ0v) is 9.81. The Kier molecular flexibility index (Phi) is 3.51. The van der Waals surface area contributed by atoms with Gasteiger partial charge in [-0.1, -0.05) is 0 Å². The van der Waals surface area contributed by atoms with E-state index in [1.165, 1.54) is 25.4 Å². The van der Waals surface area contributed by atoms with Crippen LogP contribution in [0.2, 0.25) is 0 Å². The highest BCUT2D eigenvalue weighted by atomic mass is 19.1. The summed E-state index contributed by atoms with van der Waals surface area (Å²) in [6.07, 6.45) is 1.19. The number of methoxy groups -OCH3 is 1. The van der Waals surface area contributed by atoms with E-state index in [2.05, 4.69) is 25.5 Å². The lowest BCUT2D eigenvalue weighted by Crippen LogP contribution is -2.14. The summed E-state index contributed by atoms with van der Waals surface area (Å²) in [7, 11) is 1.21. The lowest BCUT2D eigenvalue weighted by Gasteiger charge is -2.06. The number of anilines is 1. The number of aromatic amines is 1. The molecule has 0 saturated heterocycles. The Hall–Kier alpha value is -2.77. The molecule has 0 radical (unpaired) electrons.